The lowest BCUT2D eigenvalue weighted by Gasteiger charge is -2.23. The van der Waals surface area contributed by atoms with Crippen LogP contribution in [0.3, 0.4) is 0 Å². The highest BCUT2D eigenvalue weighted by molar-refractivity contribution is 7.62. The summed E-state index contributed by atoms with van der Waals surface area (Å²) in [6.45, 7) is 3.21. The Bertz CT molecular complexity index is 990. The van der Waals surface area contributed by atoms with Crippen molar-refractivity contribution in [2.75, 3.05) is 13.3 Å². The number of amides is 1. The van der Waals surface area contributed by atoms with E-state index in [1.807, 2.05) is 18.2 Å². The molecular weight excluding hydrogens is 363 g/mol. The van der Waals surface area contributed by atoms with Gasteiger partial charge in [-0.05, 0) is 31.0 Å². The minimum absolute atomic E-state index is 0.0935. The van der Waals surface area contributed by atoms with Gasteiger partial charge in [0, 0.05) is 12.4 Å². The van der Waals surface area contributed by atoms with Crippen LogP contribution in [0.2, 0.25) is 0 Å². The zero-order valence-corrected chi connectivity index (χ0v) is 15.8. The van der Waals surface area contributed by atoms with Crippen LogP contribution in [-0.2, 0) is 4.57 Å². The summed E-state index contributed by atoms with van der Waals surface area (Å²) in [6, 6.07) is 14.3. The molecule has 1 aromatic carbocycles. The van der Waals surface area contributed by atoms with E-state index in [2.05, 4.69) is 20.3 Å². The van der Waals surface area contributed by atoms with Gasteiger partial charge in [0.1, 0.15) is 24.2 Å². The van der Waals surface area contributed by atoms with Gasteiger partial charge < -0.3 is 15.0 Å². The van der Waals surface area contributed by atoms with Crippen LogP contribution in [-0.4, -0.2) is 39.3 Å². The van der Waals surface area contributed by atoms with E-state index >= 15 is 0 Å². The predicted octanol–water partition coefficient (Wildman–Crippen LogP) is 3.30. The molecule has 8 heteroatoms. The standard InChI is InChI=1S/C19H19N4O3P/c1-27(2,26)19(13-8-4-3-5-9-13)23-18(25)14-12-21-16(22-17(14)24)15-10-6-7-11-20-15/h3-12,19H,1-2H3,(H,23,25)(H,21,22,24). The summed E-state index contributed by atoms with van der Waals surface area (Å²) in [4.78, 5) is 24.8. The second-order valence-electron chi connectivity index (χ2n) is 6.37. The number of hydrogen-bond acceptors (Lipinski definition) is 6. The molecule has 0 fully saturated rings. The first-order valence-electron chi connectivity index (χ1n) is 8.24. The van der Waals surface area contributed by atoms with Gasteiger partial charge in [-0.1, -0.05) is 36.4 Å². The third-order valence-electron chi connectivity index (χ3n) is 3.91. The smallest absolute Gasteiger partial charge is 0.259 e. The summed E-state index contributed by atoms with van der Waals surface area (Å²) in [7, 11) is -2.71. The summed E-state index contributed by atoms with van der Waals surface area (Å²) in [5, 5.41) is 12.9. The van der Waals surface area contributed by atoms with Gasteiger partial charge in [-0.2, -0.15) is 4.98 Å². The van der Waals surface area contributed by atoms with Crippen molar-refractivity contribution in [2.45, 2.75) is 5.78 Å². The molecule has 3 aromatic rings. The summed E-state index contributed by atoms with van der Waals surface area (Å²) in [5.74, 6) is -1.53. The van der Waals surface area contributed by atoms with E-state index in [0.717, 1.165) is 5.56 Å². The average Bonchev–Trinajstić information content (AvgIpc) is 2.66. The number of aromatic nitrogens is 3. The van der Waals surface area contributed by atoms with E-state index < -0.39 is 24.7 Å². The fourth-order valence-corrected chi connectivity index (χ4v) is 3.90. The number of nitrogens with one attached hydrogen (secondary N) is 1. The molecule has 7 nitrogen and oxygen atoms in total. The van der Waals surface area contributed by atoms with E-state index in [-0.39, 0.29) is 11.4 Å². The van der Waals surface area contributed by atoms with Gasteiger partial charge in [-0.25, -0.2) is 4.98 Å². The summed E-state index contributed by atoms with van der Waals surface area (Å²) >= 11 is 0. The molecule has 2 heterocycles. The number of carbonyl (C=O) groups is 1. The number of rotatable bonds is 5. The van der Waals surface area contributed by atoms with Gasteiger partial charge in [-0.15, -0.1) is 0 Å². The van der Waals surface area contributed by atoms with Crippen molar-refractivity contribution < 1.29 is 14.5 Å². The summed E-state index contributed by atoms with van der Waals surface area (Å²) in [6.07, 6.45) is 2.82. The molecule has 2 aromatic heterocycles. The van der Waals surface area contributed by atoms with Crippen molar-refractivity contribution in [3.05, 3.63) is 72.1 Å². The van der Waals surface area contributed by atoms with Gasteiger partial charge in [-0.3, -0.25) is 9.78 Å². The van der Waals surface area contributed by atoms with E-state index in [4.69, 9.17) is 0 Å². The van der Waals surface area contributed by atoms with Crippen molar-refractivity contribution >= 4 is 13.0 Å². The molecule has 0 radical (unpaired) electrons. The van der Waals surface area contributed by atoms with Gasteiger partial charge in [0.25, 0.3) is 5.91 Å². The lowest BCUT2D eigenvalue weighted by molar-refractivity contribution is 0.0944. The zero-order chi connectivity index (χ0) is 19.4. The van der Waals surface area contributed by atoms with Crippen LogP contribution >= 0.6 is 7.14 Å². The second kappa shape index (κ2) is 7.68. The molecule has 0 aliphatic rings. The van der Waals surface area contributed by atoms with Crippen LogP contribution in [0.25, 0.3) is 11.5 Å². The lowest BCUT2D eigenvalue weighted by Crippen LogP contribution is -2.28. The molecule has 3 rings (SSSR count). The number of benzene rings is 1. The minimum atomic E-state index is -2.71. The van der Waals surface area contributed by atoms with Gasteiger partial charge in [0.2, 0.25) is 5.88 Å². The van der Waals surface area contributed by atoms with Crippen LogP contribution in [0, 0.1) is 0 Å². The zero-order valence-electron chi connectivity index (χ0n) is 14.9. The first-order valence-corrected chi connectivity index (χ1v) is 10.9. The monoisotopic (exact) mass is 382 g/mol. The Morgan fingerprint density at radius 3 is 2.37 bits per heavy atom. The molecule has 1 amide bonds. The Labute approximate surface area is 156 Å². The molecule has 0 saturated heterocycles. The fourth-order valence-electron chi connectivity index (χ4n) is 2.59. The SMILES string of the molecule is CP(C)(=O)C(NC(=O)c1cnc(-c2ccccn2)nc1O)c1ccccc1. The van der Waals surface area contributed by atoms with Gasteiger partial charge in [0.15, 0.2) is 5.82 Å². The summed E-state index contributed by atoms with van der Waals surface area (Å²) in [5.41, 5.74) is 1.11. The molecule has 2 N–H and O–H groups in total. The molecule has 0 aliphatic heterocycles. The molecule has 27 heavy (non-hydrogen) atoms. The van der Waals surface area contributed by atoms with E-state index in [9.17, 15) is 14.5 Å². The molecule has 138 valence electrons. The lowest BCUT2D eigenvalue weighted by atomic mass is 10.2. The largest absolute Gasteiger partial charge is 0.493 e. The highest BCUT2D eigenvalue weighted by Crippen LogP contribution is 2.51. The summed E-state index contributed by atoms with van der Waals surface area (Å²) < 4.78 is 12.7. The highest BCUT2D eigenvalue weighted by atomic mass is 31.2. The number of aromatic hydroxyl groups is 1. The van der Waals surface area contributed by atoms with Crippen molar-refractivity contribution in [3.8, 4) is 17.4 Å². The Kier molecular flexibility index (Phi) is 5.33. The minimum Gasteiger partial charge on any atom is -0.493 e. The number of carbonyl (C=O) groups excluding carboxylic acids is 1. The first-order chi connectivity index (χ1) is 12.9. The molecule has 0 spiro atoms. The molecule has 1 atom stereocenters. The number of hydrogen-bond donors (Lipinski definition) is 2. The highest BCUT2D eigenvalue weighted by Gasteiger charge is 2.28. The molecular formula is C19H19N4O3P. The molecule has 1 unspecified atom stereocenters. The maximum Gasteiger partial charge on any atom is 0.259 e. The number of pyridine rings is 1. The Morgan fingerprint density at radius 2 is 1.78 bits per heavy atom. The third kappa shape index (κ3) is 4.38. The third-order valence-corrected chi connectivity index (χ3v) is 5.58. The van der Waals surface area contributed by atoms with E-state index in [1.165, 1.54) is 6.20 Å². The molecule has 0 bridgehead atoms. The van der Waals surface area contributed by atoms with Crippen molar-refractivity contribution in [3.63, 3.8) is 0 Å². The van der Waals surface area contributed by atoms with Crippen LogP contribution in [0.15, 0.2) is 60.9 Å². The van der Waals surface area contributed by atoms with Crippen LogP contribution in [0.1, 0.15) is 21.7 Å². The quantitative estimate of drug-likeness (QED) is 0.656. The maximum atomic E-state index is 12.7. The van der Waals surface area contributed by atoms with Gasteiger partial charge >= 0.3 is 0 Å². The van der Waals surface area contributed by atoms with Crippen molar-refractivity contribution in [2.24, 2.45) is 0 Å². The van der Waals surface area contributed by atoms with E-state index in [1.54, 1.807) is 49.9 Å². The normalized spacial score (nSPS) is 12.4. The molecule has 0 saturated carbocycles. The maximum absolute atomic E-state index is 12.7. The number of nitrogens with zero attached hydrogens (tertiary/aromatic N) is 3. The average molecular weight is 382 g/mol. The fraction of sp³-hybridized carbons (Fsp3) is 0.158. The van der Waals surface area contributed by atoms with Crippen molar-refractivity contribution in [1.29, 1.82) is 0 Å². The van der Waals surface area contributed by atoms with Crippen LogP contribution < -0.4 is 5.32 Å². The van der Waals surface area contributed by atoms with E-state index in [0.29, 0.717) is 5.69 Å². The van der Waals surface area contributed by atoms with Crippen molar-refractivity contribution in [1.82, 2.24) is 20.3 Å². The Balaban J connectivity index is 1.88. The molecule has 0 aliphatic carbocycles. The Morgan fingerprint density at radius 1 is 1.07 bits per heavy atom. The Hall–Kier alpha value is -3.05. The second-order valence-corrected chi connectivity index (χ2v) is 9.75. The van der Waals surface area contributed by atoms with Crippen LogP contribution in [0.4, 0.5) is 0 Å². The van der Waals surface area contributed by atoms with Crippen LogP contribution in [0.5, 0.6) is 5.88 Å². The topological polar surface area (TPSA) is 105 Å². The first kappa shape index (κ1) is 18.7. The predicted molar refractivity (Wildman–Crippen MR) is 103 cm³/mol. The van der Waals surface area contributed by atoms with Gasteiger partial charge in [0.05, 0.1) is 0 Å².